The summed E-state index contributed by atoms with van der Waals surface area (Å²) in [5, 5.41) is 2.58. The molecule has 0 spiro atoms. The van der Waals surface area contributed by atoms with Gasteiger partial charge in [0.05, 0.1) is 18.1 Å². The molecule has 0 saturated heterocycles. The molecule has 1 N–H and O–H groups in total. The average Bonchev–Trinajstić information content (AvgIpc) is 2.36. The molecule has 1 unspecified atom stereocenters. The van der Waals surface area contributed by atoms with Gasteiger partial charge in [-0.1, -0.05) is 12.1 Å². The number of hydrogen-bond acceptors (Lipinski definition) is 2. The van der Waals surface area contributed by atoms with Gasteiger partial charge in [-0.05, 0) is 31.5 Å². The molecule has 0 aliphatic rings. The highest BCUT2D eigenvalue weighted by Gasteiger charge is 2.23. The van der Waals surface area contributed by atoms with Gasteiger partial charge in [0.1, 0.15) is 12.5 Å². The number of amides is 1. The standard InChI is InChI=1S/C14H19F2NO2/c1-14(2,19-3)8-13(18)17-12(9-15)10-4-6-11(16)7-5-10/h4-7,12H,8-9H2,1-3H3,(H,17,18). The molecule has 106 valence electrons. The topological polar surface area (TPSA) is 38.3 Å². The van der Waals surface area contributed by atoms with Gasteiger partial charge in [0.25, 0.3) is 0 Å². The number of carbonyl (C=O) groups excluding carboxylic acids is 1. The summed E-state index contributed by atoms with van der Waals surface area (Å²) in [6.45, 7) is 2.80. The average molecular weight is 271 g/mol. The summed E-state index contributed by atoms with van der Waals surface area (Å²) in [6, 6.07) is 4.63. The number of rotatable bonds is 6. The highest BCUT2D eigenvalue weighted by molar-refractivity contribution is 5.77. The van der Waals surface area contributed by atoms with Crippen LogP contribution in [0.4, 0.5) is 8.78 Å². The number of alkyl halides is 1. The van der Waals surface area contributed by atoms with E-state index in [4.69, 9.17) is 4.74 Å². The second kappa shape index (κ2) is 6.61. The summed E-state index contributed by atoms with van der Waals surface area (Å²) < 4.78 is 30.9. The molecular formula is C14H19F2NO2. The zero-order valence-electron chi connectivity index (χ0n) is 11.4. The molecule has 0 aliphatic carbocycles. The molecule has 5 heteroatoms. The van der Waals surface area contributed by atoms with Gasteiger partial charge in [-0.25, -0.2) is 8.78 Å². The summed E-state index contributed by atoms with van der Waals surface area (Å²) in [7, 11) is 1.51. The van der Waals surface area contributed by atoms with Crippen LogP contribution in [-0.2, 0) is 9.53 Å². The van der Waals surface area contributed by atoms with Gasteiger partial charge in [-0.2, -0.15) is 0 Å². The second-order valence-corrected chi connectivity index (χ2v) is 4.97. The number of nitrogens with one attached hydrogen (secondary N) is 1. The third kappa shape index (κ3) is 4.95. The minimum atomic E-state index is -0.763. The van der Waals surface area contributed by atoms with Crippen LogP contribution in [-0.4, -0.2) is 25.3 Å². The third-order valence-corrected chi connectivity index (χ3v) is 2.90. The Bertz CT molecular complexity index is 418. The molecule has 3 nitrogen and oxygen atoms in total. The maximum atomic E-state index is 13.0. The molecule has 1 amide bonds. The van der Waals surface area contributed by atoms with E-state index in [1.165, 1.54) is 31.4 Å². The van der Waals surface area contributed by atoms with Crippen LogP contribution in [0.5, 0.6) is 0 Å². The first-order valence-electron chi connectivity index (χ1n) is 6.04. The van der Waals surface area contributed by atoms with Crippen molar-refractivity contribution in [3.05, 3.63) is 35.6 Å². The van der Waals surface area contributed by atoms with Crippen molar-refractivity contribution in [1.82, 2.24) is 5.32 Å². The van der Waals surface area contributed by atoms with Crippen molar-refractivity contribution >= 4 is 5.91 Å². The van der Waals surface area contributed by atoms with E-state index in [-0.39, 0.29) is 12.3 Å². The molecule has 1 rings (SSSR count). The van der Waals surface area contributed by atoms with Gasteiger partial charge in [-0.15, -0.1) is 0 Å². The third-order valence-electron chi connectivity index (χ3n) is 2.90. The fourth-order valence-electron chi connectivity index (χ4n) is 1.61. The maximum absolute atomic E-state index is 13.0. The van der Waals surface area contributed by atoms with E-state index in [0.29, 0.717) is 5.56 Å². The van der Waals surface area contributed by atoms with E-state index in [9.17, 15) is 13.6 Å². The fraction of sp³-hybridized carbons (Fsp3) is 0.500. The Labute approximate surface area is 112 Å². The highest BCUT2D eigenvalue weighted by Crippen LogP contribution is 2.17. The van der Waals surface area contributed by atoms with E-state index in [0.717, 1.165) is 0 Å². The van der Waals surface area contributed by atoms with Crippen LogP contribution in [0, 0.1) is 5.82 Å². The summed E-state index contributed by atoms with van der Waals surface area (Å²) in [4.78, 5) is 11.8. The summed E-state index contributed by atoms with van der Waals surface area (Å²) in [5.41, 5.74) is -0.0687. The van der Waals surface area contributed by atoms with E-state index < -0.39 is 24.1 Å². The lowest BCUT2D eigenvalue weighted by molar-refractivity contribution is -0.127. The number of hydrogen-bond donors (Lipinski definition) is 1. The largest absolute Gasteiger partial charge is 0.378 e. The van der Waals surface area contributed by atoms with E-state index in [2.05, 4.69) is 5.32 Å². The molecule has 0 aromatic heterocycles. The first-order valence-corrected chi connectivity index (χ1v) is 6.04. The number of ether oxygens (including phenoxy) is 1. The van der Waals surface area contributed by atoms with Crippen molar-refractivity contribution in [2.45, 2.75) is 31.9 Å². The summed E-state index contributed by atoms with van der Waals surface area (Å²) in [5.74, 6) is -0.702. The van der Waals surface area contributed by atoms with Crippen molar-refractivity contribution in [2.24, 2.45) is 0 Å². The lowest BCUT2D eigenvalue weighted by Gasteiger charge is -2.24. The van der Waals surface area contributed by atoms with Crippen LogP contribution in [0.1, 0.15) is 31.9 Å². The smallest absolute Gasteiger partial charge is 0.223 e. The summed E-state index contributed by atoms with van der Waals surface area (Å²) in [6.07, 6.45) is 0.126. The van der Waals surface area contributed by atoms with Crippen LogP contribution in [0.25, 0.3) is 0 Å². The Hall–Kier alpha value is -1.49. The van der Waals surface area contributed by atoms with Gasteiger partial charge >= 0.3 is 0 Å². The number of methoxy groups -OCH3 is 1. The monoisotopic (exact) mass is 271 g/mol. The molecular weight excluding hydrogens is 252 g/mol. The first kappa shape index (κ1) is 15.6. The lowest BCUT2D eigenvalue weighted by atomic mass is 10.0. The van der Waals surface area contributed by atoms with Crippen LogP contribution in [0.3, 0.4) is 0 Å². The molecule has 1 aromatic rings. The van der Waals surface area contributed by atoms with Crippen molar-refractivity contribution in [3.63, 3.8) is 0 Å². The van der Waals surface area contributed by atoms with E-state index in [1.54, 1.807) is 13.8 Å². The maximum Gasteiger partial charge on any atom is 0.223 e. The van der Waals surface area contributed by atoms with Gasteiger partial charge < -0.3 is 10.1 Å². The zero-order chi connectivity index (χ0) is 14.5. The molecule has 0 fully saturated rings. The summed E-state index contributed by atoms with van der Waals surface area (Å²) >= 11 is 0. The van der Waals surface area contributed by atoms with Gasteiger partial charge in [-0.3, -0.25) is 4.79 Å². The minimum Gasteiger partial charge on any atom is -0.378 e. The number of halogens is 2. The van der Waals surface area contributed by atoms with Gasteiger partial charge in [0.2, 0.25) is 5.91 Å². The molecule has 0 bridgehead atoms. The van der Waals surface area contributed by atoms with Crippen molar-refractivity contribution in [3.8, 4) is 0 Å². The fourth-order valence-corrected chi connectivity index (χ4v) is 1.61. The molecule has 0 aliphatic heterocycles. The number of benzene rings is 1. The highest BCUT2D eigenvalue weighted by atomic mass is 19.1. The molecule has 1 atom stereocenters. The Morgan fingerprint density at radius 3 is 2.42 bits per heavy atom. The van der Waals surface area contributed by atoms with Crippen LogP contribution >= 0.6 is 0 Å². The van der Waals surface area contributed by atoms with Crippen molar-refractivity contribution < 1.29 is 18.3 Å². The SMILES string of the molecule is COC(C)(C)CC(=O)NC(CF)c1ccc(F)cc1. The first-order chi connectivity index (χ1) is 8.88. The van der Waals surface area contributed by atoms with Crippen LogP contribution in [0.15, 0.2) is 24.3 Å². The molecule has 0 heterocycles. The van der Waals surface area contributed by atoms with E-state index >= 15 is 0 Å². The molecule has 0 saturated carbocycles. The Morgan fingerprint density at radius 1 is 1.37 bits per heavy atom. The predicted octanol–water partition coefficient (Wildman–Crippen LogP) is 2.77. The quantitative estimate of drug-likeness (QED) is 0.864. The van der Waals surface area contributed by atoms with Crippen LogP contribution in [0.2, 0.25) is 0 Å². The molecule has 19 heavy (non-hydrogen) atoms. The second-order valence-electron chi connectivity index (χ2n) is 4.97. The van der Waals surface area contributed by atoms with Crippen molar-refractivity contribution in [2.75, 3.05) is 13.8 Å². The van der Waals surface area contributed by atoms with E-state index in [1.807, 2.05) is 0 Å². The predicted molar refractivity (Wildman–Crippen MR) is 69.0 cm³/mol. The van der Waals surface area contributed by atoms with Gasteiger partial charge in [0, 0.05) is 7.11 Å². The Balaban J connectivity index is 2.67. The Morgan fingerprint density at radius 2 is 1.95 bits per heavy atom. The number of carbonyl (C=O) groups is 1. The zero-order valence-corrected chi connectivity index (χ0v) is 11.4. The minimum absolute atomic E-state index is 0.126. The Kier molecular flexibility index (Phi) is 5.42. The molecule has 0 radical (unpaired) electrons. The normalized spacial score (nSPS) is 13.1. The lowest BCUT2D eigenvalue weighted by Crippen LogP contribution is -2.36. The van der Waals surface area contributed by atoms with Crippen LogP contribution < -0.4 is 5.32 Å². The van der Waals surface area contributed by atoms with Crippen molar-refractivity contribution in [1.29, 1.82) is 0 Å². The molecule has 1 aromatic carbocycles. The van der Waals surface area contributed by atoms with Gasteiger partial charge in [0.15, 0.2) is 0 Å².